The Morgan fingerprint density at radius 2 is 1.56 bits per heavy atom. The number of benzene rings is 1. The van der Waals surface area contributed by atoms with Crippen LogP contribution < -0.4 is 0 Å². The van der Waals surface area contributed by atoms with Crippen molar-refractivity contribution in [1.29, 1.82) is 0 Å². The van der Waals surface area contributed by atoms with Crippen LogP contribution in [-0.4, -0.2) is 10.1 Å². The van der Waals surface area contributed by atoms with Gasteiger partial charge in [0.05, 0.1) is 6.10 Å². The summed E-state index contributed by atoms with van der Waals surface area (Å²) in [6.07, 6.45) is 3.17. The van der Waals surface area contributed by atoms with E-state index in [4.69, 9.17) is 0 Å². The van der Waals surface area contributed by atoms with Gasteiger partial charge in [-0.3, -0.25) is 4.98 Å². The first-order valence-electron chi connectivity index (χ1n) is 5.11. The number of hydrogen-bond donors (Lipinski definition) is 1. The lowest BCUT2D eigenvalue weighted by Gasteiger charge is -2.05. The van der Waals surface area contributed by atoms with Gasteiger partial charge >= 0.3 is 0 Å². The lowest BCUT2D eigenvalue weighted by atomic mass is 10.1. The second kappa shape index (κ2) is 5.14. The van der Waals surface area contributed by atoms with Gasteiger partial charge < -0.3 is 5.11 Å². The van der Waals surface area contributed by atoms with Gasteiger partial charge in [0.1, 0.15) is 0 Å². The van der Waals surface area contributed by atoms with Crippen LogP contribution in [0.25, 0.3) is 0 Å². The summed E-state index contributed by atoms with van der Waals surface area (Å²) >= 11 is 1.69. The number of hydrogen-bond acceptors (Lipinski definition) is 3. The molecule has 1 aromatic carbocycles. The van der Waals surface area contributed by atoms with Crippen LogP contribution in [0, 0.1) is 0 Å². The molecule has 0 saturated carbocycles. The van der Waals surface area contributed by atoms with Gasteiger partial charge in [-0.25, -0.2) is 0 Å². The summed E-state index contributed by atoms with van der Waals surface area (Å²) in [6, 6.07) is 11.9. The SMILES string of the molecule is C[C@H](O)c1ccc(Sc2ccncc2)cc1. The molecule has 1 atom stereocenters. The number of pyridine rings is 1. The van der Waals surface area contributed by atoms with Crippen LogP contribution in [-0.2, 0) is 0 Å². The highest BCUT2D eigenvalue weighted by atomic mass is 32.2. The molecule has 1 aromatic heterocycles. The van der Waals surface area contributed by atoms with Gasteiger partial charge in [0, 0.05) is 22.2 Å². The Labute approximate surface area is 99.4 Å². The highest BCUT2D eigenvalue weighted by Gasteiger charge is 2.01. The molecule has 0 radical (unpaired) electrons. The van der Waals surface area contributed by atoms with Crippen molar-refractivity contribution in [3.05, 3.63) is 54.4 Å². The molecule has 0 aliphatic carbocycles. The smallest absolute Gasteiger partial charge is 0.0761 e. The lowest BCUT2D eigenvalue weighted by Crippen LogP contribution is -1.89. The molecule has 0 bridgehead atoms. The first-order chi connectivity index (χ1) is 7.75. The maximum Gasteiger partial charge on any atom is 0.0761 e. The molecule has 1 heterocycles. The summed E-state index contributed by atoms with van der Waals surface area (Å²) in [7, 11) is 0. The third-order valence-electron chi connectivity index (χ3n) is 2.25. The quantitative estimate of drug-likeness (QED) is 0.880. The van der Waals surface area contributed by atoms with E-state index < -0.39 is 6.10 Å². The minimum Gasteiger partial charge on any atom is -0.389 e. The van der Waals surface area contributed by atoms with Gasteiger partial charge in [-0.2, -0.15) is 0 Å². The molecule has 82 valence electrons. The van der Waals surface area contributed by atoms with Gasteiger partial charge in [-0.15, -0.1) is 0 Å². The Morgan fingerprint density at radius 1 is 1.00 bits per heavy atom. The highest BCUT2D eigenvalue weighted by molar-refractivity contribution is 7.99. The highest BCUT2D eigenvalue weighted by Crippen LogP contribution is 2.27. The van der Waals surface area contributed by atoms with E-state index >= 15 is 0 Å². The maximum absolute atomic E-state index is 9.39. The number of aliphatic hydroxyl groups excluding tert-OH is 1. The van der Waals surface area contributed by atoms with Crippen molar-refractivity contribution in [3.63, 3.8) is 0 Å². The molecule has 1 N–H and O–H groups in total. The van der Waals surface area contributed by atoms with Crippen molar-refractivity contribution in [1.82, 2.24) is 4.98 Å². The summed E-state index contributed by atoms with van der Waals surface area (Å²) in [4.78, 5) is 6.31. The number of nitrogens with zero attached hydrogens (tertiary/aromatic N) is 1. The summed E-state index contributed by atoms with van der Waals surface area (Å²) in [6.45, 7) is 1.77. The normalized spacial score (nSPS) is 12.4. The molecule has 0 aliphatic rings. The fourth-order valence-corrected chi connectivity index (χ4v) is 2.16. The molecule has 0 fully saturated rings. The Bertz CT molecular complexity index is 439. The Hall–Kier alpha value is -1.32. The van der Waals surface area contributed by atoms with E-state index in [0.29, 0.717) is 0 Å². The van der Waals surface area contributed by atoms with E-state index in [0.717, 1.165) is 10.5 Å². The number of rotatable bonds is 3. The van der Waals surface area contributed by atoms with E-state index in [1.165, 1.54) is 4.90 Å². The zero-order valence-electron chi connectivity index (χ0n) is 9.00. The van der Waals surface area contributed by atoms with Crippen LogP contribution in [0.15, 0.2) is 58.6 Å². The van der Waals surface area contributed by atoms with E-state index in [1.807, 2.05) is 36.4 Å². The molecule has 2 nitrogen and oxygen atoms in total. The monoisotopic (exact) mass is 231 g/mol. The van der Waals surface area contributed by atoms with Gasteiger partial charge in [-0.1, -0.05) is 23.9 Å². The number of aliphatic hydroxyl groups is 1. The summed E-state index contributed by atoms with van der Waals surface area (Å²) in [5.74, 6) is 0. The molecule has 0 saturated heterocycles. The average molecular weight is 231 g/mol. The Morgan fingerprint density at radius 3 is 2.12 bits per heavy atom. The predicted octanol–water partition coefficient (Wildman–Crippen LogP) is 3.29. The molecule has 2 aromatic rings. The van der Waals surface area contributed by atoms with Crippen LogP contribution in [0.5, 0.6) is 0 Å². The van der Waals surface area contributed by atoms with Crippen LogP contribution >= 0.6 is 11.8 Å². The van der Waals surface area contributed by atoms with Gasteiger partial charge in [-0.05, 0) is 36.8 Å². The summed E-state index contributed by atoms with van der Waals surface area (Å²) in [5.41, 5.74) is 0.944. The van der Waals surface area contributed by atoms with Crippen molar-refractivity contribution in [3.8, 4) is 0 Å². The van der Waals surface area contributed by atoms with E-state index in [2.05, 4.69) is 4.98 Å². The van der Waals surface area contributed by atoms with Crippen LogP contribution in [0.3, 0.4) is 0 Å². The molecule has 0 aliphatic heterocycles. The molecular formula is C13H13NOS. The van der Waals surface area contributed by atoms with Crippen LogP contribution in [0.4, 0.5) is 0 Å². The fraction of sp³-hybridized carbons (Fsp3) is 0.154. The Balaban J connectivity index is 2.11. The van der Waals surface area contributed by atoms with E-state index in [1.54, 1.807) is 31.1 Å². The summed E-state index contributed by atoms with van der Waals surface area (Å²) < 4.78 is 0. The van der Waals surface area contributed by atoms with Crippen molar-refractivity contribution >= 4 is 11.8 Å². The zero-order valence-corrected chi connectivity index (χ0v) is 9.82. The minimum atomic E-state index is -0.403. The third-order valence-corrected chi connectivity index (χ3v) is 3.26. The summed E-state index contributed by atoms with van der Waals surface area (Å²) in [5, 5.41) is 9.39. The van der Waals surface area contributed by atoms with Crippen LogP contribution in [0.1, 0.15) is 18.6 Å². The molecule has 0 unspecified atom stereocenters. The molecule has 3 heteroatoms. The third kappa shape index (κ3) is 2.84. The maximum atomic E-state index is 9.39. The number of aromatic nitrogens is 1. The zero-order chi connectivity index (χ0) is 11.4. The van der Waals surface area contributed by atoms with Crippen molar-refractivity contribution < 1.29 is 5.11 Å². The second-order valence-corrected chi connectivity index (χ2v) is 4.68. The predicted molar refractivity (Wildman–Crippen MR) is 65.4 cm³/mol. The second-order valence-electron chi connectivity index (χ2n) is 3.53. The van der Waals surface area contributed by atoms with Gasteiger partial charge in [0.15, 0.2) is 0 Å². The molecule has 16 heavy (non-hydrogen) atoms. The molecule has 0 amide bonds. The van der Waals surface area contributed by atoms with E-state index in [9.17, 15) is 5.11 Å². The van der Waals surface area contributed by atoms with E-state index in [-0.39, 0.29) is 0 Å². The van der Waals surface area contributed by atoms with Gasteiger partial charge in [0.2, 0.25) is 0 Å². The van der Waals surface area contributed by atoms with Crippen molar-refractivity contribution in [2.75, 3.05) is 0 Å². The van der Waals surface area contributed by atoms with Crippen LogP contribution in [0.2, 0.25) is 0 Å². The van der Waals surface area contributed by atoms with Crippen molar-refractivity contribution in [2.45, 2.75) is 22.8 Å². The fourth-order valence-electron chi connectivity index (χ4n) is 1.36. The minimum absolute atomic E-state index is 0.403. The topological polar surface area (TPSA) is 33.1 Å². The molecule has 0 spiro atoms. The largest absolute Gasteiger partial charge is 0.389 e. The Kier molecular flexibility index (Phi) is 3.59. The van der Waals surface area contributed by atoms with Gasteiger partial charge in [0.25, 0.3) is 0 Å². The first kappa shape index (κ1) is 11.2. The average Bonchev–Trinajstić information content (AvgIpc) is 2.31. The van der Waals surface area contributed by atoms with Crippen molar-refractivity contribution in [2.24, 2.45) is 0 Å². The molecule has 2 rings (SSSR count). The molecular weight excluding hydrogens is 218 g/mol. The standard InChI is InChI=1S/C13H13NOS/c1-10(15)11-2-4-12(5-3-11)16-13-6-8-14-9-7-13/h2-10,15H,1H3/t10-/m0/s1. The first-order valence-corrected chi connectivity index (χ1v) is 5.93. The lowest BCUT2D eigenvalue weighted by molar-refractivity contribution is 0.199.